The predicted octanol–water partition coefficient (Wildman–Crippen LogP) is 0.129. The molecule has 0 aromatic carbocycles. The van der Waals surface area contributed by atoms with Crippen molar-refractivity contribution in [1.82, 2.24) is 4.90 Å². The fourth-order valence-corrected chi connectivity index (χ4v) is 1.37. The Morgan fingerprint density at radius 1 is 1.69 bits per heavy atom. The number of amides is 1. The third-order valence-electron chi connectivity index (χ3n) is 2.26. The maximum atomic E-state index is 11.6. The van der Waals surface area contributed by atoms with Crippen molar-refractivity contribution in [3.8, 4) is 6.07 Å². The molecule has 0 aromatic rings. The number of hydrogen-bond donors (Lipinski definition) is 1. The summed E-state index contributed by atoms with van der Waals surface area (Å²) in [5.41, 5.74) is -0.968. The van der Waals surface area contributed by atoms with Crippen LogP contribution in [0.1, 0.15) is 20.3 Å². The molecule has 0 radical (unpaired) electrons. The Bertz CT molecular complexity index is 255. The van der Waals surface area contributed by atoms with Crippen LogP contribution in [0.15, 0.2) is 0 Å². The molecule has 4 nitrogen and oxygen atoms in total. The first kappa shape index (κ1) is 10.0. The molecule has 72 valence electrons. The summed E-state index contributed by atoms with van der Waals surface area (Å²) < 4.78 is 0. The van der Waals surface area contributed by atoms with Crippen LogP contribution >= 0.6 is 0 Å². The van der Waals surface area contributed by atoms with Crippen molar-refractivity contribution in [2.45, 2.75) is 26.4 Å². The molecule has 1 amide bonds. The predicted molar refractivity (Wildman–Crippen MR) is 46.6 cm³/mol. The van der Waals surface area contributed by atoms with E-state index in [-0.39, 0.29) is 5.91 Å². The topological polar surface area (TPSA) is 64.3 Å². The van der Waals surface area contributed by atoms with E-state index in [4.69, 9.17) is 5.26 Å². The van der Waals surface area contributed by atoms with Gasteiger partial charge in [-0.2, -0.15) is 5.26 Å². The van der Waals surface area contributed by atoms with Crippen molar-refractivity contribution in [2.24, 2.45) is 5.41 Å². The summed E-state index contributed by atoms with van der Waals surface area (Å²) in [7, 11) is 0. The molecule has 1 aliphatic heterocycles. The van der Waals surface area contributed by atoms with Crippen LogP contribution in [0, 0.1) is 16.7 Å². The summed E-state index contributed by atoms with van der Waals surface area (Å²) >= 11 is 0. The van der Waals surface area contributed by atoms with E-state index in [2.05, 4.69) is 0 Å². The second-order valence-corrected chi connectivity index (χ2v) is 3.93. The minimum absolute atomic E-state index is 0.188. The zero-order valence-electron chi connectivity index (χ0n) is 7.95. The quantitative estimate of drug-likeness (QED) is 0.627. The highest BCUT2D eigenvalue weighted by molar-refractivity contribution is 5.84. The first-order valence-electron chi connectivity index (χ1n) is 4.36. The maximum absolute atomic E-state index is 11.6. The van der Waals surface area contributed by atoms with E-state index < -0.39 is 11.5 Å². The summed E-state index contributed by atoms with van der Waals surface area (Å²) in [4.78, 5) is 13.2. The third-order valence-corrected chi connectivity index (χ3v) is 2.26. The maximum Gasteiger partial charge on any atom is 0.242 e. The molecule has 1 unspecified atom stereocenters. The van der Waals surface area contributed by atoms with Crippen molar-refractivity contribution in [1.29, 1.82) is 5.26 Å². The van der Waals surface area contributed by atoms with Gasteiger partial charge in [-0.1, -0.05) is 0 Å². The minimum atomic E-state index is -0.968. The molecule has 1 saturated heterocycles. The molecule has 1 heterocycles. The van der Waals surface area contributed by atoms with Gasteiger partial charge in [-0.25, -0.2) is 0 Å². The van der Waals surface area contributed by atoms with Crippen LogP contribution in [-0.4, -0.2) is 35.1 Å². The van der Waals surface area contributed by atoms with Crippen LogP contribution in [0.25, 0.3) is 0 Å². The molecule has 0 spiro atoms. The fourth-order valence-electron chi connectivity index (χ4n) is 1.37. The zero-order valence-corrected chi connectivity index (χ0v) is 7.95. The SMILES string of the molecule is CC(C)(C#N)C(=O)N1CCC(O)C1. The Labute approximate surface area is 77.8 Å². The first-order chi connectivity index (χ1) is 5.97. The lowest BCUT2D eigenvalue weighted by atomic mass is 9.94. The molecular formula is C9H14N2O2. The van der Waals surface area contributed by atoms with Gasteiger partial charge in [0, 0.05) is 13.1 Å². The number of nitriles is 1. The average Bonchev–Trinajstić information content (AvgIpc) is 2.50. The normalized spacial score (nSPS) is 22.9. The molecule has 1 fully saturated rings. The number of hydrogen-bond acceptors (Lipinski definition) is 3. The van der Waals surface area contributed by atoms with Crippen LogP contribution in [0.2, 0.25) is 0 Å². The van der Waals surface area contributed by atoms with E-state index in [1.165, 1.54) is 0 Å². The molecule has 1 aliphatic rings. The monoisotopic (exact) mass is 182 g/mol. The summed E-state index contributed by atoms with van der Waals surface area (Å²) in [5.74, 6) is -0.188. The van der Waals surface area contributed by atoms with Crippen molar-refractivity contribution >= 4 is 5.91 Å². The second kappa shape index (κ2) is 3.35. The largest absolute Gasteiger partial charge is 0.391 e. The number of β-amino-alcohol motifs (C(OH)–C–C–N with tert-alkyl or cyclic N) is 1. The smallest absolute Gasteiger partial charge is 0.242 e. The van der Waals surface area contributed by atoms with Crippen molar-refractivity contribution in [3.63, 3.8) is 0 Å². The lowest BCUT2D eigenvalue weighted by Gasteiger charge is -2.22. The van der Waals surface area contributed by atoms with E-state index in [9.17, 15) is 9.90 Å². The zero-order chi connectivity index (χ0) is 10.1. The van der Waals surface area contributed by atoms with Gasteiger partial charge in [-0.3, -0.25) is 4.79 Å². The molecule has 4 heteroatoms. The average molecular weight is 182 g/mol. The number of carbonyl (C=O) groups is 1. The van der Waals surface area contributed by atoms with Crippen LogP contribution in [0.3, 0.4) is 0 Å². The molecular weight excluding hydrogens is 168 g/mol. The summed E-state index contributed by atoms with van der Waals surface area (Å²) in [6, 6.07) is 1.96. The molecule has 0 saturated carbocycles. The Hall–Kier alpha value is -1.08. The Morgan fingerprint density at radius 3 is 2.69 bits per heavy atom. The number of carbonyl (C=O) groups excluding carboxylic acids is 1. The van der Waals surface area contributed by atoms with E-state index >= 15 is 0 Å². The minimum Gasteiger partial charge on any atom is -0.391 e. The van der Waals surface area contributed by atoms with E-state index in [0.717, 1.165) is 0 Å². The van der Waals surface area contributed by atoms with Gasteiger partial charge in [0.15, 0.2) is 0 Å². The van der Waals surface area contributed by atoms with Crippen LogP contribution in [-0.2, 0) is 4.79 Å². The van der Waals surface area contributed by atoms with Crippen molar-refractivity contribution in [3.05, 3.63) is 0 Å². The first-order valence-corrected chi connectivity index (χ1v) is 4.36. The van der Waals surface area contributed by atoms with Crippen LogP contribution in [0.4, 0.5) is 0 Å². The van der Waals surface area contributed by atoms with Crippen LogP contribution in [0.5, 0.6) is 0 Å². The number of likely N-dealkylation sites (tertiary alicyclic amines) is 1. The second-order valence-electron chi connectivity index (χ2n) is 3.93. The Morgan fingerprint density at radius 2 is 2.31 bits per heavy atom. The molecule has 0 aliphatic carbocycles. The highest BCUT2D eigenvalue weighted by Crippen LogP contribution is 2.20. The fraction of sp³-hybridized carbons (Fsp3) is 0.778. The van der Waals surface area contributed by atoms with Gasteiger partial charge in [0.25, 0.3) is 0 Å². The molecule has 0 aromatic heterocycles. The molecule has 1 rings (SSSR count). The Kier molecular flexibility index (Phi) is 2.58. The summed E-state index contributed by atoms with van der Waals surface area (Å²) in [6.07, 6.45) is 0.200. The van der Waals surface area contributed by atoms with Gasteiger partial charge in [-0.05, 0) is 20.3 Å². The van der Waals surface area contributed by atoms with E-state index in [0.29, 0.717) is 19.5 Å². The van der Waals surface area contributed by atoms with E-state index in [1.54, 1.807) is 18.7 Å². The van der Waals surface area contributed by atoms with Gasteiger partial charge in [0.1, 0.15) is 5.41 Å². The highest BCUT2D eigenvalue weighted by Gasteiger charge is 2.35. The molecule has 1 N–H and O–H groups in total. The lowest BCUT2D eigenvalue weighted by Crippen LogP contribution is -2.39. The number of nitrogens with zero attached hydrogens (tertiary/aromatic N) is 2. The van der Waals surface area contributed by atoms with Gasteiger partial charge in [0.05, 0.1) is 12.2 Å². The van der Waals surface area contributed by atoms with Crippen molar-refractivity contribution < 1.29 is 9.90 Å². The molecule has 0 bridgehead atoms. The standard InChI is InChI=1S/C9H14N2O2/c1-9(2,6-10)8(13)11-4-3-7(12)5-11/h7,12H,3-5H2,1-2H3. The highest BCUT2D eigenvalue weighted by atomic mass is 16.3. The van der Waals surface area contributed by atoms with Gasteiger partial charge >= 0.3 is 0 Å². The summed E-state index contributed by atoms with van der Waals surface area (Å²) in [6.45, 7) is 4.12. The van der Waals surface area contributed by atoms with Gasteiger partial charge in [0.2, 0.25) is 5.91 Å². The Balaban J connectivity index is 2.65. The summed E-state index contributed by atoms with van der Waals surface area (Å²) in [5, 5.41) is 17.9. The number of aliphatic hydroxyl groups excluding tert-OH is 1. The van der Waals surface area contributed by atoms with Crippen molar-refractivity contribution in [2.75, 3.05) is 13.1 Å². The van der Waals surface area contributed by atoms with Gasteiger partial charge in [-0.15, -0.1) is 0 Å². The number of rotatable bonds is 1. The van der Waals surface area contributed by atoms with E-state index in [1.807, 2.05) is 6.07 Å². The molecule has 13 heavy (non-hydrogen) atoms. The van der Waals surface area contributed by atoms with Gasteiger partial charge < -0.3 is 10.0 Å². The third kappa shape index (κ3) is 1.99. The van der Waals surface area contributed by atoms with Crippen LogP contribution < -0.4 is 0 Å². The number of aliphatic hydroxyl groups is 1. The molecule has 1 atom stereocenters. The lowest BCUT2D eigenvalue weighted by molar-refractivity contribution is -0.136.